The van der Waals surface area contributed by atoms with Crippen molar-refractivity contribution in [1.82, 2.24) is 5.32 Å². The van der Waals surface area contributed by atoms with E-state index in [0.29, 0.717) is 0 Å². The van der Waals surface area contributed by atoms with Gasteiger partial charge < -0.3 is 10.1 Å². The minimum absolute atomic E-state index is 0.237. The largest absolute Gasteiger partial charge is 0.439 e. The number of hydrogen-bond donors (Lipinski definition) is 1. The summed E-state index contributed by atoms with van der Waals surface area (Å²) in [5.74, 6) is 6.36. The summed E-state index contributed by atoms with van der Waals surface area (Å²) in [7, 11) is 0. The molecule has 0 bridgehead atoms. The second kappa shape index (κ2) is 7.39. The number of amides is 1. The molecular formula is C24H19NO2. The van der Waals surface area contributed by atoms with E-state index in [9.17, 15) is 4.79 Å². The van der Waals surface area contributed by atoms with Crippen molar-refractivity contribution in [2.24, 2.45) is 0 Å². The normalized spacial score (nSPS) is 18.2. The molecule has 0 aliphatic carbocycles. The van der Waals surface area contributed by atoms with Crippen molar-refractivity contribution in [1.29, 1.82) is 0 Å². The van der Waals surface area contributed by atoms with Gasteiger partial charge in [0.1, 0.15) is 0 Å². The summed E-state index contributed by atoms with van der Waals surface area (Å²) in [5.41, 5.74) is 5.00. The van der Waals surface area contributed by atoms with Crippen LogP contribution < -0.4 is 5.32 Å². The molecule has 3 aromatic rings. The quantitative estimate of drug-likeness (QED) is 0.664. The Labute approximate surface area is 159 Å². The van der Waals surface area contributed by atoms with E-state index in [1.165, 1.54) is 5.56 Å². The van der Waals surface area contributed by atoms with Crippen LogP contribution in [0.2, 0.25) is 0 Å². The zero-order valence-corrected chi connectivity index (χ0v) is 15.0. The van der Waals surface area contributed by atoms with Crippen molar-refractivity contribution in [3.63, 3.8) is 0 Å². The number of carbonyl (C=O) groups is 1. The highest BCUT2D eigenvalue weighted by Crippen LogP contribution is 2.36. The molecule has 3 heteroatoms. The molecule has 1 saturated heterocycles. The number of benzene rings is 3. The van der Waals surface area contributed by atoms with E-state index < -0.39 is 6.09 Å². The van der Waals surface area contributed by atoms with Crippen LogP contribution in [0.5, 0.6) is 0 Å². The van der Waals surface area contributed by atoms with Gasteiger partial charge in [0.25, 0.3) is 0 Å². The standard InChI is InChI=1S/C24H19NO2/c1-17-10-14-20(15-11-17)23-22(25-24(26)27-23)21-9-5-8-19(16-21)13-12-18-6-3-2-4-7-18/h2-11,14-16,22-23H,1H3,(H,25,26)/t22-,23?/m1/s1. The van der Waals surface area contributed by atoms with Crippen LogP contribution in [0.3, 0.4) is 0 Å². The van der Waals surface area contributed by atoms with Gasteiger partial charge in [0.05, 0.1) is 6.04 Å². The Hall–Kier alpha value is -3.51. The average Bonchev–Trinajstić information content (AvgIpc) is 3.10. The Morgan fingerprint density at radius 1 is 0.815 bits per heavy atom. The fourth-order valence-electron chi connectivity index (χ4n) is 3.17. The van der Waals surface area contributed by atoms with Crippen molar-refractivity contribution in [3.05, 3.63) is 107 Å². The Kier molecular flexibility index (Phi) is 4.63. The van der Waals surface area contributed by atoms with Gasteiger partial charge in [0.2, 0.25) is 0 Å². The highest BCUT2D eigenvalue weighted by molar-refractivity contribution is 5.71. The molecule has 132 valence electrons. The smallest absolute Gasteiger partial charge is 0.408 e. The third-order valence-electron chi connectivity index (χ3n) is 4.59. The summed E-state index contributed by atoms with van der Waals surface area (Å²) in [6.07, 6.45) is -0.748. The predicted octanol–water partition coefficient (Wildman–Crippen LogP) is 4.92. The van der Waals surface area contributed by atoms with Crippen LogP contribution in [0.4, 0.5) is 4.79 Å². The molecular weight excluding hydrogens is 334 g/mol. The van der Waals surface area contributed by atoms with Crippen LogP contribution in [-0.4, -0.2) is 6.09 Å². The molecule has 1 aliphatic heterocycles. The number of aryl methyl sites for hydroxylation is 1. The molecule has 1 fully saturated rings. The van der Waals surface area contributed by atoms with E-state index in [1.807, 2.05) is 85.8 Å². The molecule has 27 heavy (non-hydrogen) atoms. The second-order valence-corrected chi connectivity index (χ2v) is 6.60. The molecule has 0 radical (unpaired) electrons. The van der Waals surface area contributed by atoms with E-state index in [4.69, 9.17) is 4.74 Å². The third kappa shape index (κ3) is 3.86. The maximum absolute atomic E-state index is 11.9. The predicted molar refractivity (Wildman–Crippen MR) is 105 cm³/mol. The van der Waals surface area contributed by atoms with Crippen molar-refractivity contribution in [2.75, 3.05) is 0 Å². The third-order valence-corrected chi connectivity index (χ3v) is 4.59. The first-order valence-electron chi connectivity index (χ1n) is 8.90. The van der Waals surface area contributed by atoms with Gasteiger partial charge in [0.15, 0.2) is 6.10 Å². The lowest BCUT2D eigenvalue weighted by Crippen LogP contribution is -2.19. The molecule has 1 unspecified atom stereocenters. The Morgan fingerprint density at radius 3 is 2.30 bits per heavy atom. The van der Waals surface area contributed by atoms with Gasteiger partial charge in [-0.3, -0.25) is 0 Å². The number of rotatable bonds is 2. The van der Waals surface area contributed by atoms with E-state index in [-0.39, 0.29) is 12.1 Å². The number of carbonyl (C=O) groups excluding carboxylic acids is 1. The Bertz CT molecular complexity index is 1010. The maximum atomic E-state index is 11.9. The highest BCUT2D eigenvalue weighted by atomic mass is 16.6. The summed E-state index contributed by atoms with van der Waals surface area (Å²) < 4.78 is 5.54. The van der Waals surface area contributed by atoms with Crippen LogP contribution in [0, 0.1) is 18.8 Å². The first-order chi connectivity index (χ1) is 13.2. The summed E-state index contributed by atoms with van der Waals surface area (Å²) in [5, 5.41) is 2.93. The van der Waals surface area contributed by atoms with Crippen LogP contribution in [0.1, 0.15) is 40.0 Å². The summed E-state index contributed by atoms with van der Waals surface area (Å²) in [6, 6.07) is 25.6. The Morgan fingerprint density at radius 2 is 1.52 bits per heavy atom. The molecule has 0 saturated carbocycles. The van der Waals surface area contributed by atoms with Gasteiger partial charge in [-0.15, -0.1) is 0 Å². The summed E-state index contributed by atoms with van der Waals surface area (Å²) in [6.45, 7) is 2.04. The molecule has 1 amide bonds. The molecule has 3 nitrogen and oxygen atoms in total. The number of nitrogens with one attached hydrogen (secondary N) is 1. The lowest BCUT2D eigenvalue weighted by molar-refractivity contribution is 0.132. The second-order valence-electron chi connectivity index (χ2n) is 6.60. The van der Waals surface area contributed by atoms with Crippen LogP contribution in [-0.2, 0) is 4.74 Å². The molecule has 2 atom stereocenters. The number of alkyl carbamates (subject to hydrolysis) is 1. The number of cyclic esters (lactones) is 1. The monoisotopic (exact) mass is 353 g/mol. The van der Waals surface area contributed by atoms with Crippen molar-refractivity contribution in [3.8, 4) is 11.8 Å². The van der Waals surface area contributed by atoms with Crippen molar-refractivity contribution in [2.45, 2.75) is 19.1 Å². The van der Waals surface area contributed by atoms with Crippen LogP contribution in [0.15, 0.2) is 78.9 Å². The minimum Gasteiger partial charge on any atom is -0.439 e. The lowest BCUT2D eigenvalue weighted by Gasteiger charge is -2.18. The van der Waals surface area contributed by atoms with E-state index >= 15 is 0 Å². The van der Waals surface area contributed by atoms with Crippen LogP contribution >= 0.6 is 0 Å². The molecule has 0 aromatic heterocycles. The van der Waals surface area contributed by atoms with E-state index in [0.717, 1.165) is 22.3 Å². The highest BCUT2D eigenvalue weighted by Gasteiger charge is 2.36. The topological polar surface area (TPSA) is 38.3 Å². The number of hydrogen-bond acceptors (Lipinski definition) is 2. The fraction of sp³-hybridized carbons (Fsp3) is 0.125. The van der Waals surface area contributed by atoms with Gasteiger partial charge in [-0.2, -0.15) is 0 Å². The van der Waals surface area contributed by atoms with Gasteiger partial charge in [-0.1, -0.05) is 72.0 Å². The lowest BCUT2D eigenvalue weighted by atomic mass is 9.95. The van der Waals surface area contributed by atoms with Crippen molar-refractivity contribution < 1.29 is 9.53 Å². The summed E-state index contributed by atoms with van der Waals surface area (Å²) in [4.78, 5) is 11.9. The van der Waals surface area contributed by atoms with Crippen molar-refractivity contribution >= 4 is 6.09 Å². The van der Waals surface area contributed by atoms with E-state index in [2.05, 4.69) is 17.2 Å². The molecule has 1 N–H and O–H groups in total. The summed E-state index contributed by atoms with van der Waals surface area (Å²) >= 11 is 0. The van der Waals surface area contributed by atoms with Gasteiger partial charge in [-0.05, 0) is 42.3 Å². The maximum Gasteiger partial charge on any atom is 0.408 e. The fourth-order valence-corrected chi connectivity index (χ4v) is 3.17. The first kappa shape index (κ1) is 16.9. The average molecular weight is 353 g/mol. The number of ether oxygens (including phenoxy) is 1. The zero-order chi connectivity index (χ0) is 18.6. The molecule has 1 heterocycles. The molecule has 1 aliphatic rings. The van der Waals surface area contributed by atoms with Crippen LogP contribution in [0.25, 0.3) is 0 Å². The molecule has 0 spiro atoms. The van der Waals surface area contributed by atoms with Gasteiger partial charge >= 0.3 is 6.09 Å². The van der Waals surface area contributed by atoms with Gasteiger partial charge in [-0.25, -0.2) is 4.79 Å². The first-order valence-corrected chi connectivity index (χ1v) is 8.90. The Balaban J connectivity index is 1.63. The molecule has 3 aromatic carbocycles. The zero-order valence-electron chi connectivity index (χ0n) is 15.0. The van der Waals surface area contributed by atoms with E-state index in [1.54, 1.807) is 0 Å². The molecule has 4 rings (SSSR count). The SMILES string of the molecule is Cc1ccc(C2OC(=O)N[C@@H]2c2cccc(C#Cc3ccccc3)c2)cc1. The van der Waals surface area contributed by atoms with Gasteiger partial charge in [0, 0.05) is 11.1 Å². The minimum atomic E-state index is -0.397.